The van der Waals surface area contributed by atoms with Crippen LogP contribution in [0.25, 0.3) is 0 Å². The highest BCUT2D eigenvalue weighted by Crippen LogP contribution is 2.30. The molecular weight excluding hydrogens is 429 g/mol. The van der Waals surface area contributed by atoms with Crippen molar-refractivity contribution in [3.05, 3.63) is 22.7 Å². The molecular formula is C17H28BrCl2N3O2. The Morgan fingerprint density at radius 3 is 2.52 bits per heavy atom. The number of halogens is 3. The van der Waals surface area contributed by atoms with Crippen molar-refractivity contribution < 1.29 is 9.53 Å². The van der Waals surface area contributed by atoms with Gasteiger partial charge in [-0.1, -0.05) is 28.8 Å². The molecule has 1 fully saturated rings. The number of anilines is 2. The highest BCUT2D eigenvalue weighted by atomic mass is 79.9. The second-order valence-corrected chi connectivity index (χ2v) is 6.68. The molecule has 1 aliphatic heterocycles. The van der Waals surface area contributed by atoms with E-state index >= 15 is 0 Å². The summed E-state index contributed by atoms with van der Waals surface area (Å²) in [5, 5.41) is 3.06. The van der Waals surface area contributed by atoms with Crippen LogP contribution in [-0.4, -0.2) is 38.8 Å². The first kappa shape index (κ1) is 24.5. The quantitative estimate of drug-likeness (QED) is 0.580. The molecule has 1 amide bonds. The van der Waals surface area contributed by atoms with Crippen LogP contribution < -0.4 is 16.0 Å². The second-order valence-electron chi connectivity index (χ2n) is 5.76. The van der Waals surface area contributed by atoms with Crippen molar-refractivity contribution in [1.82, 2.24) is 0 Å². The first-order valence-corrected chi connectivity index (χ1v) is 9.12. The Kier molecular flexibility index (Phi) is 13.4. The number of hydrogen-bond acceptors (Lipinski definition) is 4. The van der Waals surface area contributed by atoms with Crippen molar-refractivity contribution in [3.63, 3.8) is 0 Å². The highest BCUT2D eigenvalue weighted by Gasteiger charge is 2.16. The molecule has 0 saturated carbocycles. The van der Waals surface area contributed by atoms with Gasteiger partial charge < -0.3 is 20.7 Å². The first-order chi connectivity index (χ1) is 11.2. The van der Waals surface area contributed by atoms with Gasteiger partial charge in [-0.15, -0.1) is 24.8 Å². The van der Waals surface area contributed by atoms with Crippen molar-refractivity contribution in [1.29, 1.82) is 0 Å². The Labute approximate surface area is 171 Å². The molecule has 2 rings (SSSR count). The zero-order valence-corrected chi connectivity index (χ0v) is 17.6. The lowest BCUT2D eigenvalue weighted by Gasteiger charge is -2.30. The molecule has 8 heteroatoms. The van der Waals surface area contributed by atoms with Crippen LogP contribution in [0.5, 0.6) is 0 Å². The molecule has 0 radical (unpaired) electrons. The van der Waals surface area contributed by atoms with E-state index in [-0.39, 0.29) is 30.7 Å². The van der Waals surface area contributed by atoms with E-state index in [4.69, 9.17) is 10.5 Å². The Morgan fingerprint density at radius 2 is 1.84 bits per heavy atom. The number of rotatable bonds is 8. The van der Waals surface area contributed by atoms with Gasteiger partial charge in [0.25, 0.3) is 0 Å². The van der Waals surface area contributed by atoms with Crippen LogP contribution in [-0.2, 0) is 9.53 Å². The summed E-state index contributed by atoms with van der Waals surface area (Å²) in [5.74, 6) is 0.0744. The van der Waals surface area contributed by atoms with E-state index in [1.807, 2.05) is 18.2 Å². The fraction of sp³-hybridized carbons (Fsp3) is 0.588. The average Bonchev–Trinajstić information content (AvgIpc) is 2.55. The molecule has 1 heterocycles. The molecule has 0 atom stereocenters. The van der Waals surface area contributed by atoms with Crippen LogP contribution in [0.3, 0.4) is 0 Å². The predicted molar refractivity (Wildman–Crippen MR) is 112 cm³/mol. The number of carbonyl (C=O) groups is 1. The van der Waals surface area contributed by atoms with Gasteiger partial charge in [0.1, 0.15) is 0 Å². The summed E-state index contributed by atoms with van der Waals surface area (Å²) < 4.78 is 6.37. The Balaban J connectivity index is 0.00000288. The Bertz CT molecular complexity index is 515. The number of nitrogens with two attached hydrogens (primary N) is 1. The zero-order valence-electron chi connectivity index (χ0n) is 14.3. The summed E-state index contributed by atoms with van der Waals surface area (Å²) in [5.41, 5.74) is 7.41. The van der Waals surface area contributed by atoms with Crippen molar-refractivity contribution in [2.75, 3.05) is 43.1 Å². The minimum Gasteiger partial charge on any atom is -0.378 e. The van der Waals surface area contributed by atoms with Crippen LogP contribution >= 0.6 is 40.7 Å². The molecule has 144 valence electrons. The van der Waals surface area contributed by atoms with Crippen molar-refractivity contribution >= 4 is 58.0 Å². The minimum atomic E-state index is 0. The van der Waals surface area contributed by atoms with Crippen LogP contribution in [0.4, 0.5) is 11.4 Å². The Hall–Kier alpha value is -0.530. The fourth-order valence-electron chi connectivity index (χ4n) is 2.68. The first-order valence-electron chi connectivity index (χ1n) is 8.33. The van der Waals surface area contributed by atoms with Gasteiger partial charge >= 0.3 is 0 Å². The summed E-state index contributed by atoms with van der Waals surface area (Å²) in [6.07, 6.45) is 4.65. The maximum absolute atomic E-state index is 12.2. The minimum absolute atomic E-state index is 0. The zero-order chi connectivity index (χ0) is 16.5. The number of nitrogens with zero attached hydrogens (tertiary/aromatic N) is 1. The molecule has 1 saturated heterocycles. The predicted octanol–water partition coefficient (Wildman–Crippen LogP) is 3.98. The van der Waals surface area contributed by atoms with Crippen LogP contribution in [0.15, 0.2) is 22.7 Å². The third-order valence-electron chi connectivity index (χ3n) is 3.94. The largest absolute Gasteiger partial charge is 0.378 e. The van der Waals surface area contributed by atoms with Gasteiger partial charge in [0.05, 0.1) is 24.6 Å². The van der Waals surface area contributed by atoms with E-state index in [0.717, 1.165) is 74.4 Å². The number of nitrogens with one attached hydrogen (secondary N) is 1. The molecule has 1 aromatic rings. The van der Waals surface area contributed by atoms with Gasteiger partial charge in [-0.2, -0.15) is 0 Å². The third kappa shape index (κ3) is 8.60. The number of morpholine rings is 1. The maximum Gasteiger partial charge on any atom is 0.224 e. The van der Waals surface area contributed by atoms with Crippen LogP contribution in [0, 0.1) is 0 Å². The summed E-state index contributed by atoms with van der Waals surface area (Å²) in [6.45, 7) is 3.88. The number of hydrogen-bond donors (Lipinski definition) is 2. The van der Waals surface area contributed by atoms with Gasteiger partial charge in [0, 0.05) is 24.0 Å². The van der Waals surface area contributed by atoms with E-state index in [1.165, 1.54) is 0 Å². The topological polar surface area (TPSA) is 67.6 Å². The standard InChI is InChI=1S/C17H26BrN3O2.2ClH/c18-14-6-7-16(21-9-11-23-12-10-21)15(13-14)20-17(22)5-3-1-2-4-8-19;;/h6-7,13H,1-5,8-12,19H2,(H,20,22);2*1H. The molecule has 0 spiro atoms. The van der Waals surface area contributed by atoms with E-state index in [2.05, 4.69) is 26.1 Å². The summed E-state index contributed by atoms with van der Waals surface area (Å²) in [6, 6.07) is 6.02. The molecule has 1 aromatic carbocycles. The second kappa shape index (κ2) is 13.6. The van der Waals surface area contributed by atoms with E-state index in [0.29, 0.717) is 6.42 Å². The summed E-state index contributed by atoms with van der Waals surface area (Å²) in [4.78, 5) is 14.5. The number of benzene rings is 1. The molecule has 0 bridgehead atoms. The van der Waals surface area contributed by atoms with Gasteiger partial charge in [-0.05, 0) is 37.6 Å². The SMILES string of the molecule is Cl.Cl.NCCCCCCC(=O)Nc1cc(Br)ccc1N1CCOCC1. The van der Waals surface area contributed by atoms with Gasteiger partial charge in [-0.25, -0.2) is 0 Å². The van der Waals surface area contributed by atoms with Crippen molar-refractivity contribution in [2.24, 2.45) is 5.73 Å². The maximum atomic E-state index is 12.2. The molecule has 0 unspecified atom stereocenters. The highest BCUT2D eigenvalue weighted by molar-refractivity contribution is 9.10. The Morgan fingerprint density at radius 1 is 1.16 bits per heavy atom. The summed E-state index contributed by atoms with van der Waals surface area (Å²) >= 11 is 3.49. The van der Waals surface area contributed by atoms with E-state index in [9.17, 15) is 4.79 Å². The summed E-state index contributed by atoms with van der Waals surface area (Å²) in [7, 11) is 0. The van der Waals surface area contributed by atoms with Gasteiger partial charge in [0.2, 0.25) is 5.91 Å². The number of unbranched alkanes of at least 4 members (excludes halogenated alkanes) is 3. The van der Waals surface area contributed by atoms with Crippen LogP contribution in [0.2, 0.25) is 0 Å². The lowest BCUT2D eigenvalue weighted by molar-refractivity contribution is -0.116. The number of carbonyl (C=O) groups excluding carboxylic acids is 1. The molecule has 0 aromatic heterocycles. The van der Waals surface area contributed by atoms with Crippen LogP contribution in [0.1, 0.15) is 32.1 Å². The van der Waals surface area contributed by atoms with E-state index < -0.39 is 0 Å². The molecule has 1 aliphatic rings. The van der Waals surface area contributed by atoms with Crippen molar-refractivity contribution in [3.8, 4) is 0 Å². The molecule has 3 N–H and O–H groups in total. The molecule has 25 heavy (non-hydrogen) atoms. The average molecular weight is 457 g/mol. The number of ether oxygens (including phenoxy) is 1. The van der Waals surface area contributed by atoms with E-state index in [1.54, 1.807) is 0 Å². The lowest BCUT2D eigenvalue weighted by atomic mass is 10.1. The number of amides is 1. The lowest BCUT2D eigenvalue weighted by Crippen LogP contribution is -2.36. The third-order valence-corrected chi connectivity index (χ3v) is 4.44. The smallest absolute Gasteiger partial charge is 0.224 e. The molecule has 0 aliphatic carbocycles. The fourth-order valence-corrected chi connectivity index (χ4v) is 3.05. The van der Waals surface area contributed by atoms with Gasteiger partial charge in [0.15, 0.2) is 0 Å². The molecule has 5 nitrogen and oxygen atoms in total. The van der Waals surface area contributed by atoms with Crippen molar-refractivity contribution in [2.45, 2.75) is 32.1 Å². The monoisotopic (exact) mass is 455 g/mol. The normalized spacial score (nSPS) is 13.6. The van der Waals surface area contributed by atoms with Gasteiger partial charge in [-0.3, -0.25) is 4.79 Å².